The molecule has 0 bridgehead atoms. The Morgan fingerprint density at radius 2 is 1.92 bits per heavy atom. The zero-order valence-corrected chi connectivity index (χ0v) is 20.7. The number of aromatic amines is 1. The summed E-state index contributed by atoms with van der Waals surface area (Å²) in [7, 11) is -17.1. The van der Waals surface area contributed by atoms with Gasteiger partial charge in [-0.1, -0.05) is 5.92 Å². The lowest BCUT2D eigenvalue weighted by atomic mass is 9.94. The number of aliphatic hydroxyl groups excluding tert-OH is 1. The van der Waals surface area contributed by atoms with Crippen LogP contribution in [0.3, 0.4) is 0 Å². The smallest absolute Gasteiger partial charge is 0.386 e. The second-order valence-electron chi connectivity index (χ2n) is 7.22. The highest BCUT2D eigenvalue weighted by Crippen LogP contribution is 2.66. The number of hydrogen-bond donors (Lipinski definition) is 7. The Hall–Kier alpha value is -2.03. The first-order chi connectivity index (χ1) is 16.4. The highest BCUT2D eigenvalue weighted by Gasteiger charge is 2.60. The van der Waals surface area contributed by atoms with Gasteiger partial charge in [-0.3, -0.25) is 18.9 Å². The van der Waals surface area contributed by atoms with Gasteiger partial charge in [0.05, 0.1) is 12.4 Å². The molecule has 1 fully saturated rings. The van der Waals surface area contributed by atoms with E-state index in [0.29, 0.717) is 0 Å². The first-order valence-corrected chi connectivity index (χ1v) is 13.9. The Balaban J connectivity index is 1.92. The number of halogens is 1. The van der Waals surface area contributed by atoms with Crippen LogP contribution in [-0.2, 0) is 31.6 Å². The lowest BCUT2D eigenvalue weighted by Crippen LogP contribution is -2.44. The molecule has 3 unspecified atom stereocenters. The highest BCUT2D eigenvalue weighted by molar-refractivity contribution is 7.66. The van der Waals surface area contributed by atoms with Gasteiger partial charge in [0, 0.05) is 0 Å². The number of fused-ring (bicyclic) bond motifs is 1. The van der Waals surface area contributed by atoms with Gasteiger partial charge >= 0.3 is 23.5 Å². The third-order valence-electron chi connectivity index (χ3n) is 4.58. The second kappa shape index (κ2) is 9.69. The molecule has 3 heterocycles. The van der Waals surface area contributed by atoms with E-state index in [1.54, 1.807) is 0 Å². The predicted molar refractivity (Wildman–Crippen MR) is 114 cm³/mol. The molecule has 1 aliphatic heterocycles. The molecular formula is C14H19FN5O13P3. The van der Waals surface area contributed by atoms with Crippen LogP contribution in [0.4, 0.5) is 10.3 Å². The molecule has 0 saturated carbocycles. The Morgan fingerprint density at radius 1 is 1.28 bits per heavy atom. The van der Waals surface area contributed by atoms with Crippen molar-refractivity contribution in [2.75, 3.05) is 5.73 Å². The minimum absolute atomic E-state index is 0.255. The van der Waals surface area contributed by atoms with Crippen molar-refractivity contribution < 1.29 is 60.6 Å². The van der Waals surface area contributed by atoms with Crippen molar-refractivity contribution in [3.8, 4) is 11.8 Å². The van der Waals surface area contributed by atoms with Crippen LogP contribution in [0.5, 0.6) is 0 Å². The molecule has 18 nitrogen and oxygen atoms in total. The molecule has 0 aromatic carbocycles. The number of nitrogens with two attached hydrogens (primary N) is 1. The number of imidazole rings is 1. The number of rotatable bonds is 8. The van der Waals surface area contributed by atoms with Crippen molar-refractivity contribution in [2.24, 2.45) is 0 Å². The van der Waals surface area contributed by atoms with E-state index < -0.39 is 59.2 Å². The van der Waals surface area contributed by atoms with Crippen LogP contribution in [0.15, 0.2) is 11.1 Å². The lowest BCUT2D eigenvalue weighted by Gasteiger charge is -2.25. The maximum atomic E-state index is 16.0. The molecule has 0 amide bonds. The quantitative estimate of drug-likeness (QED) is 0.153. The summed E-state index contributed by atoms with van der Waals surface area (Å²) in [6, 6.07) is 0. The molecule has 3 rings (SSSR count). The van der Waals surface area contributed by atoms with E-state index in [9.17, 15) is 33.4 Å². The van der Waals surface area contributed by atoms with Gasteiger partial charge in [0.1, 0.15) is 12.2 Å². The van der Waals surface area contributed by atoms with Crippen molar-refractivity contribution in [1.29, 1.82) is 0 Å². The molecular weight excluding hydrogens is 558 g/mol. The van der Waals surface area contributed by atoms with Crippen LogP contribution in [0.1, 0.15) is 20.1 Å². The molecule has 1 aliphatic rings. The first-order valence-electron chi connectivity index (χ1n) is 9.40. The Labute approximate surface area is 199 Å². The van der Waals surface area contributed by atoms with E-state index in [1.165, 1.54) is 6.92 Å². The number of hydrogen-bond acceptors (Lipinski definition) is 12. The SMILES string of the molecule is CC#CC1(F)[C@@H](O)[C@@H]([C@H](C)OP(=O)(O)OP(=O)(O)OP(=O)(O)O)O[C@H]1n1cnc2c(=O)[nH]c(N)nc21. The largest absolute Gasteiger partial charge is 0.490 e. The lowest BCUT2D eigenvalue weighted by molar-refractivity contribution is -0.0754. The van der Waals surface area contributed by atoms with Gasteiger partial charge in [0.15, 0.2) is 17.4 Å². The molecule has 0 aliphatic carbocycles. The summed E-state index contributed by atoms with van der Waals surface area (Å²) in [6.07, 6.45) is -6.72. The van der Waals surface area contributed by atoms with Gasteiger partial charge in [0.25, 0.3) is 5.56 Å². The first kappa shape index (κ1) is 28.5. The maximum absolute atomic E-state index is 16.0. The molecule has 0 spiro atoms. The standard InChI is InChI=1S/C14H19FN5O13P3/c1-3-4-14(15)9(21)8(6(2)31-35(26,27)33-36(28,29)32-34(23,24)25)30-12(14)20-5-17-7-10(20)18-13(16)19-11(7)22/h5-6,8-9,12,21H,1-2H3,(H,26,27)(H,28,29)(H2,23,24,25)(H3,16,18,19,22)/t6-,8+,9-,12+,14?/m0/s1. The van der Waals surface area contributed by atoms with E-state index in [2.05, 4.69) is 39.9 Å². The van der Waals surface area contributed by atoms with Gasteiger partial charge < -0.3 is 35.2 Å². The van der Waals surface area contributed by atoms with E-state index >= 15 is 4.39 Å². The number of alkyl halides is 1. The molecule has 7 atom stereocenters. The molecule has 36 heavy (non-hydrogen) atoms. The number of phosphoric acid groups is 3. The normalized spacial score (nSPS) is 28.7. The third-order valence-corrected chi connectivity index (χ3v) is 8.51. The van der Waals surface area contributed by atoms with Crippen molar-refractivity contribution in [1.82, 2.24) is 19.5 Å². The Kier molecular flexibility index (Phi) is 7.68. The fourth-order valence-electron chi connectivity index (χ4n) is 3.35. The van der Waals surface area contributed by atoms with E-state index in [0.717, 1.165) is 17.8 Å². The summed E-state index contributed by atoms with van der Waals surface area (Å²) in [5.41, 5.74) is 1.29. The van der Waals surface area contributed by atoms with Crippen molar-refractivity contribution in [3.05, 3.63) is 16.7 Å². The summed E-state index contributed by atoms with van der Waals surface area (Å²) >= 11 is 0. The van der Waals surface area contributed by atoms with Gasteiger partial charge in [0.2, 0.25) is 11.6 Å². The summed E-state index contributed by atoms with van der Waals surface area (Å²) in [4.78, 5) is 58.1. The van der Waals surface area contributed by atoms with Gasteiger partial charge in [-0.15, -0.1) is 5.92 Å². The van der Waals surface area contributed by atoms with E-state index in [-0.39, 0.29) is 17.1 Å². The zero-order valence-electron chi connectivity index (χ0n) is 18.0. The minimum Gasteiger partial charge on any atom is -0.386 e. The monoisotopic (exact) mass is 577 g/mol. The molecule has 8 N–H and O–H groups in total. The van der Waals surface area contributed by atoms with Crippen LogP contribution in [0.25, 0.3) is 11.2 Å². The van der Waals surface area contributed by atoms with Gasteiger partial charge in [-0.2, -0.15) is 13.6 Å². The molecule has 200 valence electrons. The minimum atomic E-state index is -5.83. The Bertz CT molecular complexity index is 1430. The molecule has 22 heteroatoms. The molecule has 1 saturated heterocycles. The number of H-pyrrole nitrogens is 1. The number of aromatic nitrogens is 4. The summed E-state index contributed by atoms with van der Waals surface area (Å²) < 4.78 is 68.7. The summed E-state index contributed by atoms with van der Waals surface area (Å²) in [6.45, 7) is 2.21. The number of nitrogens with zero attached hydrogens (tertiary/aromatic N) is 3. The van der Waals surface area contributed by atoms with Crippen LogP contribution in [0.2, 0.25) is 0 Å². The molecule has 2 aromatic rings. The number of aliphatic hydroxyl groups is 1. The molecule has 0 radical (unpaired) electrons. The number of anilines is 1. The highest BCUT2D eigenvalue weighted by atomic mass is 31.3. The number of nitrogens with one attached hydrogen (secondary N) is 1. The van der Waals surface area contributed by atoms with Crippen LogP contribution in [-0.4, -0.2) is 68.2 Å². The zero-order chi connectivity index (χ0) is 27.3. The topological polar surface area (TPSA) is 279 Å². The summed E-state index contributed by atoms with van der Waals surface area (Å²) in [5, 5.41) is 10.7. The predicted octanol–water partition coefficient (Wildman–Crippen LogP) is -0.577. The second-order valence-corrected chi connectivity index (χ2v) is 11.6. The van der Waals surface area contributed by atoms with Gasteiger partial charge in [-0.05, 0) is 13.8 Å². The fraction of sp³-hybridized carbons (Fsp3) is 0.500. The average molecular weight is 577 g/mol. The van der Waals surface area contributed by atoms with Gasteiger partial charge in [-0.25, -0.2) is 23.1 Å². The molecule has 2 aromatic heterocycles. The van der Waals surface area contributed by atoms with Crippen LogP contribution < -0.4 is 11.3 Å². The van der Waals surface area contributed by atoms with Crippen molar-refractivity contribution >= 4 is 40.6 Å². The van der Waals surface area contributed by atoms with Crippen molar-refractivity contribution in [2.45, 2.75) is 44.1 Å². The van der Waals surface area contributed by atoms with Crippen molar-refractivity contribution in [3.63, 3.8) is 0 Å². The average Bonchev–Trinajstić information content (AvgIpc) is 3.18. The van der Waals surface area contributed by atoms with Crippen LogP contribution >= 0.6 is 23.5 Å². The van der Waals surface area contributed by atoms with E-state index in [4.69, 9.17) is 20.3 Å². The number of phosphoric ester groups is 1. The maximum Gasteiger partial charge on any atom is 0.490 e. The number of nitrogen functional groups attached to an aromatic ring is 1. The van der Waals surface area contributed by atoms with Crippen LogP contribution in [0, 0.1) is 11.8 Å². The third kappa shape index (κ3) is 5.92. The van der Waals surface area contributed by atoms with E-state index in [1.807, 2.05) is 0 Å². The summed E-state index contributed by atoms with van der Waals surface area (Å²) in [5.74, 6) is 4.03. The number of ether oxygens (including phenoxy) is 1. The Morgan fingerprint density at radius 3 is 2.50 bits per heavy atom. The fourth-order valence-corrected chi connectivity index (χ4v) is 6.55.